The number of ether oxygens (including phenoxy) is 1. The molecule has 8 heteroatoms. The van der Waals surface area contributed by atoms with Gasteiger partial charge in [-0.05, 0) is 75.9 Å². The Bertz CT molecular complexity index is 1030. The van der Waals surface area contributed by atoms with Gasteiger partial charge in [-0.3, -0.25) is 10.1 Å². The highest BCUT2D eigenvalue weighted by atomic mass is 16.6. The van der Waals surface area contributed by atoms with Crippen LogP contribution in [0.25, 0.3) is 0 Å². The number of nitrogens with one attached hydrogen (secondary N) is 2. The topological polar surface area (TPSA) is 108 Å². The second kappa shape index (κ2) is 9.30. The van der Waals surface area contributed by atoms with Crippen molar-refractivity contribution in [2.75, 3.05) is 17.2 Å². The first kappa shape index (κ1) is 23.1. The second-order valence-electron chi connectivity index (χ2n) is 8.66. The van der Waals surface area contributed by atoms with Crippen molar-refractivity contribution in [2.45, 2.75) is 52.2 Å². The average molecular weight is 440 g/mol. The maximum atomic E-state index is 12.9. The van der Waals surface area contributed by atoms with Crippen molar-refractivity contribution in [2.24, 2.45) is 0 Å². The van der Waals surface area contributed by atoms with Crippen molar-refractivity contribution < 1.29 is 24.2 Å². The van der Waals surface area contributed by atoms with Crippen LogP contribution in [-0.4, -0.2) is 40.2 Å². The van der Waals surface area contributed by atoms with Crippen LogP contribution in [0.3, 0.4) is 0 Å². The monoisotopic (exact) mass is 439 g/mol. The highest BCUT2D eigenvalue weighted by Crippen LogP contribution is 2.36. The predicted octanol–water partition coefficient (Wildman–Crippen LogP) is 5.27. The summed E-state index contributed by atoms with van der Waals surface area (Å²) in [6, 6.07) is 12.0. The third kappa shape index (κ3) is 5.38. The molecule has 3 N–H and O–H groups in total. The first-order valence-electron chi connectivity index (χ1n) is 10.6. The quantitative estimate of drug-likeness (QED) is 0.588. The molecule has 3 amide bonds. The minimum Gasteiger partial charge on any atom is -0.465 e. The van der Waals surface area contributed by atoms with Gasteiger partial charge in [-0.2, -0.15) is 0 Å². The van der Waals surface area contributed by atoms with E-state index in [1.165, 1.54) is 4.90 Å². The summed E-state index contributed by atoms with van der Waals surface area (Å²) >= 11 is 0. The van der Waals surface area contributed by atoms with Gasteiger partial charge >= 0.3 is 12.2 Å². The molecule has 0 aliphatic heterocycles. The van der Waals surface area contributed by atoms with Gasteiger partial charge in [0.25, 0.3) is 5.91 Å². The highest BCUT2D eigenvalue weighted by Gasteiger charge is 2.30. The Morgan fingerprint density at radius 2 is 1.75 bits per heavy atom. The number of anilines is 2. The summed E-state index contributed by atoms with van der Waals surface area (Å²) in [5, 5.41) is 14.9. The van der Waals surface area contributed by atoms with Crippen molar-refractivity contribution in [3.63, 3.8) is 0 Å². The van der Waals surface area contributed by atoms with Crippen molar-refractivity contribution in [3.8, 4) is 0 Å². The molecule has 0 spiro atoms. The molecule has 0 bridgehead atoms. The zero-order valence-electron chi connectivity index (χ0n) is 18.8. The van der Waals surface area contributed by atoms with Crippen LogP contribution in [0.15, 0.2) is 42.5 Å². The third-order valence-electron chi connectivity index (χ3n) is 5.22. The maximum Gasteiger partial charge on any atom is 0.412 e. The van der Waals surface area contributed by atoms with E-state index < -0.39 is 17.8 Å². The van der Waals surface area contributed by atoms with Gasteiger partial charge < -0.3 is 20.1 Å². The van der Waals surface area contributed by atoms with Crippen molar-refractivity contribution in [1.29, 1.82) is 0 Å². The van der Waals surface area contributed by atoms with Crippen LogP contribution in [-0.2, 0) is 11.2 Å². The summed E-state index contributed by atoms with van der Waals surface area (Å²) in [5.74, 6) is -0.319. The Kier molecular flexibility index (Phi) is 6.72. The Labute approximate surface area is 187 Å². The molecular weight excluding hydrogens is 410 g/mol. The Hall–Kier alpha value is -3.55. The summed E-state index contributed by atoms with van der Waals surface area (Å²) < 4.78 is 5.28. The predicted molar refractivity (Wildman–Crippen MR) is 122 cm³/mol. The van der Waals surface area contributed by atoms with Gasteiger partial charge in [-0.25, -0.2) is 9.59 Å². The van der Waals surface area contributed by atoms with E-state index in [4.69, 9.17) is 4.74 Å². The van der Waals surface area contributed by atoms with Gasteiger partial charge in [-0.15, -0.1) is 0 Å². The molecule has 0 aromatic heterocycles. The number of carboxylic acid groups (broad SMARTS) is 1. The largest absolute Gasteiger partial charge is 0.465 e. The zero-order valence-corrected chi connectivity index (χ0v) is 18.8. The molecule has 0 heterocycles. The number of para-hydroxylation sites is 2. The number of hydrogen-bond acceptors (Lipinski definition) is 4. The fourth-order valence-electron chi connectivity index (χ4n) is 3.86. The van der Waals surface area contributed by atoms with Crippen molar-refractivity contribution in [1.82, 2.24) is 4.90 Å². The maximum absolute atomic E-state index is 12.9. The average Bonchev–Trinajstić information content (AvgIpc) is 3.11. The van der Waals surface area contributed by atoms with E-state index >= 15 is 0 Å². The van der Waals surface area contributed by atoms with Gasteiger partial charge in [0.05, 0.1) is 17.4 Å². The van der Waals surface area contributed by atoms with Gasteiger partial charge in [0.2, 0.25) is 0 Å². The molecule has 2 aromatic carbocycles. The number of fused-ring (bicyclic) bond motifs is 1. The SMILES string of the molecule is CCN(C(=O)O)C1CCc2cc(C(=O)Nc3ccccc3NC(=O)OC(C)(C)C)ccc21. The Morgan fingerprint density at radius 3 is 2.34 bits per heavy atom. The summed E-state index contributed by atoms with van der Waals surface area (Å²) in [7, 11) is 0. The number of carbonyl (C=O) groups excluding carboxylic acids is 2. The molecule has 1 atom stereocenters. The first-order chi connectivity index (χ1) is 15.1. The van der Waals surface area contributed by atoms with Crippen LogP contribution in [0.2, 0.25) is 0 Å². The van der Waals surface area contributed by atoms with E-state index in [0.717, 1.165) is 11.1 Å². The molecule has 3 rings (SSSR count). The van der Waals surface area contributed by atoms with Gasteiger partial charge in [0.15, 0.2) is 0 Å². The van der Waals surface area contributed by atoms with Crippen LogP contribution in [0.5, 0.6) is 0 Å². The molecule has 2 aromatic rings. The molecule has 0 fully saturated rings. The van der Waals surface area contributed by atoms with E-state index in [1.54, 1.807) is 51.1 Å². The molecule has 0 radical (unpaired) electrons. The van der Waals surface area contributed by atoms with Gasteiger partial charge in [-0.1, -0.05) is 18.2 Å². The highest BCUT2D eigenvalue weighted by molar-refractivity contribution is 6.07. The molecule has 170 valence electrons. The van der Waals surface area contributed by atoms with Crippen LogP contribution in [0.4, 0.5) is 21.0 Å². The van der Waals surface area contributed by atoms with Crippen molar-refractivity contribution >= 4 is 29.5 Å². The lowest BCUT2D eigenvalue weighted by molar-refractivity contribution is 0.0635. The van der Waals surface area contributed by atoms with Gasteiger partial charge in [0, 0.05) is 12.1 Å². The minimum atomic E-state index is -0.943. The lowest BCUT2D eigenvalue weighted by atomic mass is 10.0. The number of benzene rings is 2. The summed E-state index contributed by atoms with van der Waals surface area (Å²) in [4.78, 5) is 38.0. The standard InChI is InChI=1S/C24H29N3O5/c1-5-27(23(30)31)20-13-11-15-14-16(10-12-17(15)20)21(28)25-18-8-6-7-9-19(18)26-22(29)32-24(2,3)4/h6-10,12,14,20H,5,11,13H2,1-4H3,(H,25,28)(H,26,29)(H,30,31). The molecular formula is C24H29N3O5. The number of rotatable bonds is 5. The molecule has 1 aliphatic carbocycles. The van der Waals surface area contributed by atoms with E-state index in [-0.39, 0.29) is 11.9 Å². The number of amides is 3. The number of carbonyl (C=O) groups is 3. The summed E-state index contributed by atoms with van der Waals surface area (Å²) in [5.41, 5.74) is 2.62. The van der Waals surface area contributed by atoms with Crippen molar-refractivity contribution in [3.05, 3.63) is 59.2 Å². The summed E-state index contributed by atoms with van der Waals surface area (Å²) in [6.45, 7) is 7.54. The van der Waals surface area contributed by atoms with E-state index in [9.17, 15) is 19.5 Å². The van der Waals surface area contributed by atoms with Crippen LogP contribution in [0, 0.1) is 0 Å². The van der Waals surface area contributed by atoms with Crippen LogP contribution in [0.1, 0.15) is 61.6 Å². The minimum absolute atomic E-state index is 0.191. The number of nitrogens with zero attached hydrogens (tertiary/aromatic N) is 1. The van der Waals surface area contributed by atoms with E-state index in [1.807, 2.05) is 19.1 Å². The molecule has 0 saturated heterocycles. The molecule has 32 heavy (non-hydrogen) atoms. The van der Waals surface area contributed by atoms with E-state index in [0.29, 0.717) is 36.3 Å². The molecule has 1 unspecified atom stereocenters. The summed E-state index contributed by atoms with van der Waals surface area (Å²) in [6.07, 6.45) is -0.145. The zero-order chi connectivity index (χ0) is 23.5. The smallest absolute Gasteiger partial charge is 0.412 e. The van der Waals surface area contributed by atoms with Gasteiger partial charge in [0.1, 0.15) is 5.60 Å². The molecule has 0 saturated carbocycles. The number of hydrogen-bond donors (Lipinski definition) is 3. The normalized spacial score (nSPS) is 14.9. The lowest BCUT2D eigenvalue weighted by Gasteiger charge is -2.25. The Balaban J connectivity index is 1.75. The lowest BCUT2D eigenvalue weighted by Crippen LogP contribution is -2.32. The fraction of sp³-hybridized carbons (Fsp3) is 0.375. The van der Waals surface area contributed by atoms with Crippen LogP contribution < -0.4 is 10.6 Å². The second-order valence-corrected chi connectivity index (χ2v) is 8.66. The Morgan fingerprint density at radius 1 is 1.09 bits per heavy atom. The third-order valence-corrected chi connectivity index (χ3v) is 5.22. The fourth-order valence-corrected chi connectivity index (χ4v) is 3.86. The molecule has 8 nitrogen and oxygen atoms in total. The first-order valence-corrected chi connectivity index (χ1v) is 10.6. The van der Waals surface area contributed by atoms with Crippen LogP contribution >= 0.6 is 0 Å². The molecule has 1 aliphatic rings. The number of aryl methyl sites for hydroxylation is 1. The van der Waals surface area contributed by atoms with E-state index in [2.05, 4.69) is 10.6 Å².